The Labute approximate surface area is 322 Å². The van der Waals surface area contributed by atoms with E-state index >= 15 is 0 Å². The Morgan fingerprint density at radius 3 is 1.71 bits per heavy atom. The Balaban J connectivity index is 1.07. The summed E-state index contributed by atoms with van der Waals surface area (Å²) in [5.74, 6) is 0. The van der Waals surface area contributed by atoms with Crippen molar-refractivity contribution in [3.05, 3.63) is 200 Å². The summed E-state index contributed by atoms with van der Waals surface area (Å²) >= 11 is 1.87. The third-order valence-corrected chi connectivity index (χ3v) is 12.0. The predicted molar refractivity (Wildman–Crippen MR) is 235 cm³/mol. The molecule has 0 atom stereocenters. The van der Waals surface area contributed by atoms with E-state index in [-0.39, 0.29) is 0 Å². The molecule has 0 aliphatic heterocycles. The molecule has 2 heterocycles. The van der Waals surface area contributed by atoms with Gasteiger partial charge >= 0.3 is 0 Å². The van der Waals surface area contributed by atoms with Crippen LogP contribution in [0.5, 0.6) is 0 Å². The highest BCUT2D eigenvalue weighted by Gasteiger charge is 2.18. The predicted octanol–water partition coefficient (Wildman–Crippen LogP) is 15.6. The number of fused-ring (bicyclic) bond motifs is 7. The molecule has 0 amide bonds. The molecule has 0 radical (unpaired) electrons. The smallest absolute Gasteiger partial charge is 0.136 e. The molecule has 258 valence electrons. The molecule has 3 heteroatoms. The molecule has 11 rings (SSSR count). The number of nitrogens with zero attached hydrogens (tertiary/aromatic N) is 1. The van der Waals surface area contributed by atoms with Gasteiger partial charge in [-0.05, 0) is 111 Å². The van der Waals surface area contributed by atoms with Crippen LogP contribution in [0.4, 0.5) is 17.1 Å². The zero-order valence-electron chi connectivity index (χ0n) is 29.8. The molecule has 0 unspecified atom stereocenters. The van der Waals surface area contributed by atoms with Crippen molar-refractivity contribution in [3.8, 4) is 33.4 Å². The molecule has 0 fully saturated rings. The molecule has 0 N–H and O–H groups in total. The first-order valence-electron chi connectivity index (χ1n) is 18.7. The second-order valence-corrected chi connectivity index (χ2v) is 15.2. The molecule has 11 aromatic rings. The number of para-hydroxylation sites is 1. The largest absolute Gasteiger partial charge is 0.456 e. The van der Waals surface area contributed by atoms with Crippen molar-refractivity contribution in [2.24, 2.45) is 0 Å². The SMILES string of the molecule is c1cc(-c2ccc3ccccc3c2)cc(N(c2cccc(-c3ccc4c(c3)oc3ccccc34)c2)c2cccc(-c3cccc4c3sc3ccccc34)c2)c1. The lowest BCUT2D eigenvalue weighted by Crippen LogP contribution is -2.10. The minimum Gasteiger partial charge on any atom is -0.456 e. The van der Waals surface area contributed by atoms with Crippen LogP contribution >= 0.6 is 11.3 Å². The first-order chi connectivity index (χ1) is 27.2. The van der Waals surface area contributed by atoms with Crippen molar-refractivity contribution >= 4 is 81.3 Å². The van der Waals surface area contributed by atoms with E-state index in [1.165, 1.54) is 53.2 Å². The highest BCUT2D eigenvalue weighted by Crippen LogP contribution is 2.43. The fraction of sp³-hybridized carbons (Fsp3) is 0. The second kappa shape index (κ2) is 12.9. The standard InChI is InChI=1S/C52H33NOS/c1-2-12-35-29-38(26-25-34(35)11-1)36-13-7-16-41(30-36)53(42-17-8-14-37(31-42)39-27-28-46-45-19-3-5-23-49(45)54-50(46)33-39)43-18-9-15-40(32-43)44-21-10-22-48-47-20-4-6-24-51(47)55-52(44)48/h1-33H. The number of hydrogen-bond donors (Lipinski definition) is 0. The van der Waals surface area contributed by atoms with E-state index in [0.29, 0.717) is 0 Å². The Morgan fingerprint density at radius 1 is 0.345 bits per heavy atom. The van der Waals surface area contributed by atoms with Gasteiger partial charge in [0.25, 0.3) is 0 Å². The van der Waals surface area contributed by atoms with E-state index < -0.39 is 0 Å². The van der Waals surface area contributed by atoms with Gasteiger partial charge in [-0.1, -0.05) is 133 Å². The summed E-state index contributed by atoms with van der Waals surface area (Å²) in [6.07, 6.45) is 0. The average molecular weight is 720 g/mol. The summed E-state index contributed by atoms with van der Waals surface area (Å²) in [5, 5.41) is 7.36. The lowest BCUT2D eigenvalue weighted by Gasteiger charge is -2.27. The Hall–Kier alpha value is -6.94. The van der Waals surface area contributed by atoms with E-state index in [0.717, 1.165) is 50.1 Å². The molecule has 0 aliphatic carbocycles. The van der Waals surface area contributed by atoms with E-state index in [4.69, 9.17) is 4.42 Å². The number of rotatable bonds is 6. The van der Waals surface area contributed by atoms with Crippen LogP contribution in [0, 0.1) is 0 Å². The third kappa shape index (κ3) is 5.48. The average Bonchev–Trinajstić information content (AvgIpc) is 3.82. The van der Waals surface area contributed by atoms with Crippen LogP contribution in [0.15, 0.2) is 205 Å². The highest BCUT2D eigenvalue weighted by molar-refractivity contribution is 7.26. The fourth-order valence-corrected chi connectivity index (χ4v) is 9.40. The van der Waals surface area contributed by atoms with Crippen molar-refractivity contribution in [2.75, 3.05) is 4.90 Å². The summed E-state index contributed by atoms with van der Waals surface area (Å²) in [7, 11) is 0. The van der Waals surface area contributed by atoms with Gasteiger partial charge in [-0.25, -0.2) is 0 Å². The Bertz CT molecular complexity index is 3240. The molecule has 2 aromatic heterocycles. The summed E-state index contributed by atoms with van der Waals surface area (Å²) in [4.78, 5) is 2.39. The molecule has 0 spiro atoms. The van der Waals surface area contributed by atoms with Crippen molar-refractivity contribution in [3.63, 3.8) is 0 Å². The number of furan rings is 1. The second-order valence-electron chi connectivity index (χ2n) is 14.1. The summed E-state index contributed by atoms with van der Waals surface area (Å²) in [5.41, 5.74) is 12.1. The minimum absolute atomic E-state index is 0.896. The van der Waals surface area contributed by atoms with Gasteiger partial charge in [0, 0.05) is 48.0 Å². The van der Waals surface area contributed by atoms with Gasteiger partial charge in [-0.15, -0.1) is 11.3 Å². The maximum absolute atomic E-state index is 6.31. The molecule has 0 aliphatic rings. The van der Waals surface area contributed by atoms with Gasteiger partial charge in [-0.3, -0.25) is 0 Å². The molecular weight excluding hydrogens is 687 g/mol. The number of hydrogen-bond acceptors (Lipinski definition) is 3. The molecule has 2 nitrogen and oxygen atoms in total. The van der Waals surface area contributed by atoms with E-state index in [9.17, 15) is 0 Å². The van der Waals surface area contributed by atoms with Gasteiger partial charge in [0.15, 0.2) is 0 Å². The van der Waals surface area contributed by atoms with E-state index in [1.807, 2.05) is 23.5 Å². The van der Waals surface area contributed by atoms with Crippen molar-refractivity contribution in [1.82, 2.24) is 0 Å². The van der Waals surface area contributed by atoms with Gasteiger partial charge in [-0.2, -0.15) is 0 Å². The van der Waals surface area contributed by atoms with Gasteiger partial charge < -0.3 is 9.32 Å². The molecule has 0 bridgehead atoms. The molecule has 9 aromatic carbocycles. The third-order valence-electron chi connectivity index (χ3n) is 10.8. The van der Waals surface area contributed by atoms with Crippen LogP contribution in [0.1, 0.15) is 0 Å². The van der Waals surface area contributed by atoms with Gasteiger partial charge in [0.2, 0.25) is 0 Å². The number of anilines is 3. The number of thiophene rings is 1. The van der Waals surface area contributed by atoms with Crippen LogP contribution < -0.4 is 4.90 Å². The van der Waals surface area contributed by atoms with Crippen LogP contribution in [-0.2, 0) is 0 Å². The first kappa shape index (κ1) is 31.6. The lowest BCUT2D eigenvalue weighted by molar-refractivity contribution is 0.669. The first-order valence-corrected chi connectivity index (χ1v) is 19.5. The van der Waals surface area contributed by atoms with Gasteiger partial charge in [0.05, 0.1) is 0 Å². The zero-order valence-corrected chi connectivity index (χ0v) is 30.6. The minimum atomic E-state index is 0.896. The highest BCUT2D eigenvalue weighted by atomic mass is 32.1. The molecule has 0 saturated heterocycles. The summed E-state index contributed by atoms with van der Waals surface area (Å²) in [6.45, 7) is 0. The maximum Gasteiger partial charge on any atom is 0.136 e. The van der Waals surface area contributed by atoms with Gasteiger partial charge in [0.1, 0.15) is 11.2 Å². The quantitative estimate of drug-likeness (QED) is 0.170. The Morgan fingerprint density at radius 2 is 0.909 bits per heavy atom. The van der Waals surface area contributed by atoms with E-state index in [1.54, 1.807) is 0 Å². The topological polar surface area (TPSA) is 16.4 Å². The molecule has 0 saturated carbocycles. The van der Waals surface area contributed by atoms with Crippen molar-refractivity contribution < 1.29 is 4.42 Å². The van der Waals surface area contributed by atoms with Crippen molar-refractivity contribution in [2.45, 2.75) is 0 Å². The normalized spacial score (nSPS) is 11.6. The monoisotopic (exact) mass is 719 g/mol. The van der Waals surface area contributed by atoms with Crippen molar-refractivity contribution in [1.29, 1.82) is 0 Å². The number of benzene rings is 9. The van der Waals surface area contributed by atoms with Crippen LogP contribution in [0.2, 0.25) is 0 Å². The molecule has 55 heavy (non-hydrogen) atoms. The summed E-state index contributed by atoms with van der Waals surface area (Å²) in [6, 6.07) is 72.3. The Kier molecular flexibility index (Phi) is 7.39. The fourth-order valence-electron chi connectivity index (χ4n) is 8.16. The van der Waals surface area contributed by atoms with Crippen LogP contribution in [0.3, 0.4) is 0 Å². The van der Waals surface area contributed by atoms with Crippen LogP contribution in [0.25, 0.3) is 86.3 Å². The van der Waals surface area contributed by atoms with E-state index in [2.05, 4.69) is 193 Å². The molecular formula is C52H33NOS. The lowest BCUT2D eigenvalue weighted by atomic mass is 9.99. The van der Waals surface area contributed by atoms with Crippen LogP contribution in [-0.4, -0.2) is 0 Å². The summed E-state index contributed by atoms with van der Waals surface area (Å²) < 4.78 is 8.93. The zero-order chi connectivity index (χ0) is 36.3. The maximum atomic E-state index is 6.31.